The van der Waals surface area contributed by atoms with Gasteiger partial charge in [-0.25, -0.2) is 28.1 Å². The second kappa shape index (κ2) is 34.9. The Morgan fingerprint density at radius 3 is 1.12 bits per heavy atom. The van der Waals surface area contributed by atoms with Crippen molar-refractivity contribution in [1.82, 2.24) is 99.9 Å². The number of aromatic amines is 3. The molecule has 13 heterocycles. The van der Waals surface area contributed by atoms with E-state index in [1.54, 1.807) is 81.4 Å². The van der Waals surface area contributed by atoms with Gasteiger partial charge < -0.3 is 62.6 Å². The van der Waals surface area contributed by atoms with Crippen LogP contribution in [0.2, 0.25) is 15.1 Å². The zero-order valence-corrected chi connectivity index (χ0v) is 66.7. The number of benzene rings is 5. The molecule has 3 saturated heterocycles. The highest BCUT2D eigenvalue weighted by atomic mass is 35.5. The van der Waals surface area contributed by atoms with Gasteiger partial charge in [-0.3, -0.25) is 34.4 Å². The summed E-state index contributed by atoms with van der Waals surface area (Å²) in [5, 5.41) is 26.2. The van der Waals surface area contributed by atoms with Crippen LogP contribution in [-0.4, -0.2) is 203 Å². The number of hydrogen-bond donors (Lipinski definition) is 3. The predicted octanol–water partition coefficient (Wildman–Crippen LogP) is 15.1. The highest BCUT2D eigenvalue weighted by Crippen LogP contribution is 2.47. The Balaban J connectivity index is 0.000000137. The molecule has 3 amide bonds. The summed E-state index contributed by atoms with van der Waals surface area (Å²) in [6.07, 6.45) is 11.2. The molecule has 0 unspecified atom stereocenters. The van der Waals surface area contributed by atoms with Crippen molar-refractivity contribution in [2.45, 2.75) is 6.18 Å². The number of amides is 3. The van der Waals surface area contributed by atoms with Gasteiger partial charge in [-0.2, -0.15) is 63.5 Å². The van der Waals surface area contributed by atoms with E-state index in [2.05, 4.69) is 95.3 Å². The van der Waals surface area contributed by atoms with Gasteiger partial charge in [-0.05, 0) is 60.7 Å². The van der Waals surface area contributed by atoms with Gasteiger partial charge in [-0.15, -0.1) is 0 Å². The Kier molecular flexibility index (Phi) is 23.3. The topological polar surface area (TPSA) is 355 Å². The van der Waals surface area contributed by atoms with Crippen molar-refractivity contribution in [3.05, 3.63) is 211 Å². The molecule has 5 aromatic carbocycles. The van der Waals surface area contributed by atoms with Crippen LogP contribution in [0.3, 0.4) is 0 Å². The first-order chi connectivity index (χ1) is 59.5. The number of H-pyrrole nitrogens is 3. The maximum atomic E-state index is 14.6. The lowest BCUT2D eigenvalue weighted by Crippen LogP contribution is -2.48. The van der Waals surface area contributed by atoms with Gasteiger partial charge in [-0.1, -0.05) is 78.8 Å². The largest absolute Gasteiger partial charge is 0.493 e. The summed E-state index contributed by atoms with van der Waals surface area (Å²) < 4.78 is 128. The molecule has 3 fully saturated rings. The van der Waals surface area contributed by atoms with Crippen molar-refractivity contribution in [2.24, 2.45) is 7.05 Å². The molecule has 626 valence electrons. The van der Waals surface area contributed by atoms with Crippen LogP contribution in [0.15, 0.2) is 172 Å². The first-order valence-electron chi connectivity index (χ1n) is 37.3. The summed E-state index contributed by atoms with van der Waals surface area (Å²) in [4.78, 5) is 87.8. The minimum atomic E-state index is -4.70. The number of hydrogen-bond acceptors (Lipinski definition) is 26. The van der Waals surface area contributed by atoms with Gasteiger partial charge in [0, 0.05) is 122 Å². The molecule has 0 saturated carbocycles. The van der Waals surface area contributed by atoms with Crippen molar-refractivity contribution in [3.63, 3.8) is 0 Å². The Bertz CT molecular complexity index is 6640. The molecule has 15 aromatic rings. The van der Waals surface area contributed by atoms with Gasteiger partial charge in [0.05, 0.1) is 92.5 Å². The number of alkyl halides is 3. The number of nitrogens with one attached hydrogen (secondary N) is 3. The number of methoxy groups -OCH3 is 1. The maximum Gasteiger partial charge on any atom is 0.419 e. The number of para-hydroxylation sites is 3. The van der Waals surface area contributed by atoms with E-state index in [9.17, 15) is 40.7 Å². The molecule has 0 radical (unpaired) electrons. The molecule has 18 rings (SSSR count). The summed E-state index contributed by atoms with van der Waals surface area (Å²) in [7, 11) is 3.30. The minimum absolute atomic E-state index is 0.0123. The van der Waals surface area contributed by atoms with Crippen LogP contribution in [0.1, 0.15) is 5.56 Å². The first-order valence-corrected chi connectivity index (χ1v) is 38.4. The maximum absolute atomic E-state index is 14.6. The van der Waals surface area contributed by atoms with E-state index < -0.39 is 41.0 Å². The molecule has 33 nitrogen and oxygen atoms in total. The average molecular weight is 1740 g/mol. The number of halogens is 9. The molecular formula is C81H64Cl3F6N23O10. The first kappa shape index (κ1) is 82.0. The summed E-state index contributed by atoms with van der Waals surface area (Å²) >= 11 is 18.9. The van der Waals surface area contributed by atoms with Crippen LogP contribution in [0.25, 0.3) is 65.4 Å². The van der Waals surface area contributed by atoms with Crippen molar-refractivity contribution >= 4 is 135 Å². The summed E-state index contributed by atoms with van der Waals surface area (Å²) in [5.74, 6) is -0.368. The Hall–Kier alpha value is -14.7. The van der Waals surface area contributed by atoms with Gasteiger partial charge >= 0.3 is 24.2 Å². The van der Waals surface area contributed by atoms with E-state index in [0.717, 1.165) is 18.2 Å². The van der Waals surface area contributed by atoms with E-state index >= 15 is 0 Å². The average Bonchev–Trinajstić information content (AvgIpc) is 1.73. The van der Waals surface area contributed by atoms with Gasteiger partial charge in [0.15, 0.2) is 34.5 Å². The number of piperazine rings is 3. The number of ether oxygens (including phenoxy) is 7. The fourth-order valence-corrected chi connectivity index (χ4v) is 14.3. The Labute approximate surface area is 705 Å². The normalized spacial score (nSPS) is 13.7. The summed E-state index contributed by atoms with van der Waals surface area (Å²) in [5.41, 5.74) is 0.806. The van der Waals surface area contributed by atoms with Crippen LogP contribution in [0, 0.1) is 17.5 Å². The number of carbonyl (C=O) groups excluding carboxylic acids is 3. The van der Waals surface area contributed by atoms with Crippen LogP contribution >= 0.6 is 34.8 Å². The highest BCUT2D eigenvalue weighted by Gasteiger charge is 2.36. The van der Waals surface area contributed by atoms with Crippen LogP contribution < -0.4 is 47.9 Å². The standard InChI is InChI=1S/C28H20ClF4N7O3.C28H23ClFN7O4.C25H21ClFN9O3/c1-2-21(41)39-9-11-40(12-10-39)25-15-7-8-34-26(43-24-16-14-35-38-19(16)13-18(30)22(24)29)23(15)36-27(37-25)42-20-6-4-3-5-17(20)28(31,32)33;1-3-22(38)36-10-12-37(13-11-36)26-16-8-9-31-27(41-25-17-15-32-35-19(17)14-18(30)23(25)29)24(16)33-28(34-26)40-21-7-5-4-6-20(21)39-2;1-3-19(37)35-6-8-36(9-7-35)23-15-4-5-28-24(21(15)31-25(32-23)38-14-11-30-34(2)13-14)39-22-16-12-29-33-18(16)10-17(27)20(22)26/h2-8,13-14H,1,9-12H2,(H,35,38);3-9,14-15H,1,10-13H2,2H3,(H,32,35);3-5,10-13H,1,6-9H2,2H3,(H,29,33). The van der Waals surface area contributed by atoms with E-state index in [1.165, 1.54) is 80.6 Å². The molecule has 0 spiro atoms. The number of carbonyl (C=O) groups is 3. The van der Waals surface area contributed by atoms with Gasteiger partial charge in [0.25, 0.3) is 0 Å². The lowest BCUT2D eigenvalue weighted by molar-refractivity contribution is -0.138. The number of aryl methyl sites for hydroxylation is 1. The number of nitrogens with zero attached hydrogens (tertiary/aromatic N) is 20. The minimum Gasteiger partial charge on any atom is -0.493 e. The van der Waals surface area contributed by atoms with Crippen LogP contribution in [0.4, 0.5) is 43.8 Å². The lowest BCUT2D eigenvalue weighted by Gasteiger charge is -2.35. The van der Waals surface area contributed by atoms with Crippen molar-refractivity contribution in [2.75, 3.05) is 100 Å². The third-order valence-electron chi connectivity index (χ3n) is 19.7. The fourth-order valence-electron chi connectivity index (χ4n) is 13.7. The number of pyridine rings is 3. The molecule has 10 aromatic heterocycles. The molecular weight excluding hydrogens is 1680 g/mol. The predicted molar refractivity (Wildman–Crippen MR) is 440 cm³/mol. The number of aromatic nitrogens is 17. The molecule has 3 aliphatic rings. The molecule has 0 atom stereocenters. The van der Waals surface area contributed by atoms with Gasteiger partial charge in [0.2, 0.25) is 35.4 Å². The summed E-state index contributed by atoms with van der Waals surface area (Å²) in [6.45, 7) is 16.0. The Morgan fingerprint density at radius 2 is 0.780 bits per heavy atom. The molecule has 0 bridgehead atoms. The smallest absolute Gasteiger partial charge is 0.419 e. The monoisotopic (exact) mass is 1740 g/mol. The van der Waals surface area contributed by atoms with E-state index in [1.807, 2.05) is 20.8 Å². The molecule has 3 aliphatic heterocycles. The second-order valence-electron chi connectivity index (χ2n) is 27.2. The lowest BCUT2D eigenvalue weighted by atomic mass is 10.2. The SMILES string of the molecule is C=CC(=O)N1CCN(c2nc(Oc3ccccc3C(F)(F)F)nc3c(Oc4c(Cl)c(F)cc5[nH]ncc45)nccc23)CC1.C=CC(=O)N1CCN(c2nc(Oc3ccccc3OC)nc3c(Oc4c(Cl)c(F)cc5[nH]ncc45)nccc23)CC1.C=CC(=O)N1CCN(c2nc(Oc3cnn(C)c3)nc3c(Oc4c(Cl)c(F)cc5[nH]ncc45)nccc23)CC1. The van der Waals surface area contributed by atoms with Crippen molar-refractivity contribution in [1.29, 1.82) is 0 Å². The van der Waals surface area contributed by atoms with Crippen molar-refractivity contribution in [3.8, 4) is 75.9 Å². The molecule has 42 heteroatoms. The zero-order valence-electron chi connectivity index (χ0n) is 64.5. The number of rotatable bonds is 19. The molecule has 123 heavy (non-hydrogen) atoms. The van der Waals surface area contributed by atoms with Crippen LogP contribution in [-0.2, 0) is 27.6 Å². The second-order valence-corrected chi connectivity index (χ2v) is 28.3. The Morgan fingerprint density at radius 1 is 0.439 bits per heavy atom. The highest BCUT2D eigenvalue weighted by molar-refractivity contribution is 6.34. The van der Waals surface area contributed by atoms with E-state index in [-0.39, 0.29) is 85.2 Å². The number of fused-ring (bicyclic) bond motifs is 6. The fraction of sp³-hybridized carbons (Fsp3) is 0.185. The van der Waals surface area contributed by atoms with E-state index in [4.69, 9.17) is 72.9 Å². The number of anilines is 3. The third kappa shape index (κ3) is 17.0. The molecule has 3 N–H and O–H groups in total. The molecule has 0 aliphatic carbocycles. The van der Waals surface area contributed by atoms with Crippen molar-refractivity contribution < 1.29 is 73.9 Å². The third-order valence-corrected chi connectivity index (χ3v) is 20.8. The van der Waals surface area contributed by atoms with E-state index in [0.29, 0.717) is 173 Å². The summed E-state index contributed by atoms with van der Waals surface area (Å²) in [6, 6.07) is 20.2. The van der Waals surface area contributed by atoms with Crippen LogP contribution in [0.5, 0.6) is 75.9 Å². The van der Waals surface area contributed by atoms with Gasteiger partial charge in [0.1, 0.15) is 72.3 Å². The zero-order chi connectivity index (χ0) is 85.9. The quantitative estimate of drug-likeness (QED) is 0.0500.